The van der Waals surface area contributed by atoms with Gasteiger partial charge in [0.1, 0.15) is 12.1 Å². The Balaban J connectivity index is 1.77. The molecule has 26 heavy (non-hydrogen) atoms. The van der Waals surface area contributed by atoms with Gasteiger partial charge in [-0.3, -0.25) is 9.59 Å². The van der Waals surface area contributed by atoms with E-state index >= 15 is 0 Å². The Morgan fingerprint density at radius 3 is 2.73 bits per heavy atom. The number of nitrogens with zero attached hydrogens (tertiary/aromatic N) is 2. The smallest absolute Gasteiger partial charge is 0.245 e. The van der Waals surface area contributed by atoms with Crippen LogP contribution in [0.25, 0.3) is 10.9 Å². The molecular formula is C20H19N3O2S. The van der Waals surface area contributed by atoms with Gasteiger partial charge in [-0.05, 0) is 30.7 Å². The van der Waals surface area contributed by atoms with Gasteiger partial charge in [0.15, 0.2) is 0 Å². The number of para-hydroxylation sites is 1. The van der Waals surface area contributed by atoms with Crippen molar-refractivity contribution >= 4 is 34.1 Å². The van der Waals surface area contributed by atoms with Gasteiger partial charge in [-0.25, -0.2) is 0 Å². The molecule has 2 amide bonds. The molecule has 2 aliphatic rings. The maximum atomic E-state index is 12.9. The van der Waals surface area contributed by atoms with Crippen LogP contribution in [0.1, 0.15) is 27.1 Å². The van der Waals surface area contributed by atoms with E-state index in [0.717, 1.165) is 27.0 Å². The summed E-state index contributed by atoms with van der Waals surface area (Å²) in [6, 6.07) is 11.7. The summed E-state index contributed by atoms with van der Waals surface area (Å²) in [6.45, 7) is 2.21. The molecule has 0 saturated carbocycles. The van der Waals surface area contributed by atoms with Crippen LogP contribution < -0.4 is 0 Å². The predicted octanol–water partition coefficient (Wildman–Crippen LogP) is 2.85. The lowest BCUT2D eigenvalue weighted by atomic mass is 9.88. The number of likely N-dealkylation sites (N-methyl/N-ethyl adjacent to an activating group) is 1. The minimum Gasteiger partial charge on any atom is -0.356 e. The lowest BCUT2D eigenvalue weighted by molar-refractivity contribution is -0.157. The summed E-state index contributed by atoms with van der Waals surface area (Å²) in [5, 5.41) is 1.15. The molecule has 1 fully saturated rings. The van der Waals surface area contributed by atoms with Crippen LogP contribution in [-0.4, -0.2) is 46.2 Å². The normalized spacial score (nSPS) is 22.7. The van der Waals surface area contributed by atoms with Crippen molar-refractivity contribution in [2.75, 3.05) is 13.6 Å². The Kier molecular flexibility index (Phi) is 3.28. The average Bonchev–Trinajstić information content (AvgIpc) is 3.21. The molecule has 0 spiro atoms. The second-order valence-electron chi connectivity index (χ2n) is 7.13. The number of carbonyl (C=O) groups is 2. The molecule has 2 atom stereocenters. The van der Waals surface area contributed by atoms with Gasteiger partial charge in [0.2, 0.25) is 11.8 Å². The number of aryl methyl sites for hydroxylation is 1. The fourth-order valence-electron chi connectivity index (χ4n) is 4.31. The van der Waals surface area contributed by atoms with Gasteiger partial charge in [-0.2, -0.15) is 0 Å². The first-order chi connectivity index (χ1) is 12.5. The SMILES string of the molecule is Cc1ccc([C@H]2c3[nH]c4ccccc4c3C[C@@H]3C(=O)N(C)CC(=O)N23)s1. The Morgan fingerprint density at radius 2 is 1.96 bits per heavy atom. The number of amides is 2. The largest absolute Gasteiger partial charge is 0.356 e. The van der Waals surface area contributed by atoms with Crippen molar-refractivity contribution in [3.63, 3.8) is 0 Å². The topological polar surface area (TPSA) is 56.4 Å². The molecule has 2 aliphatic heterocycles. The Labute approximate surface area is 155 Å². The average molecular weight is 365 g/mol. The van der Waals surface area contributed by atoms with Crippen LogP contribution in [0.4, 0.5) is 0 Å². The number of nitrogens with one attached hydrogen (secondary N) is 1. The summed E-state index contributed by atoms with van der Waals surface area (Å²) in [7, 11) is 1.71. The van der Waals surface area contributed by atoms with Gasteiger partial charge in [-0.1, -0.05) is 18.2 Å². The lowest BCUT2D eigenvalue weighted by Crippen LogP contribution is -2.62. The Morgan fingerprint density at radius 1 is 1.15 bits per heavy atom. The van der Waals surface area contributed by atoms with Crippen molar-refractivity contribution in [2.45, 2.75) is 25.4 Å². The van der Waals surface area contributed by atoms with Crippen LogP contribution in [0.3, 0.4) is 0 Å². The van der Waals surface area contributed by atoms with Crippen LogP contribution in [0.2, 0.25) is 0 Å². The molecule has 5 rings (SSSR count). The van der Waals surface area contributed by atoms with E-state index in [1.807, 2.05) is 17.0 Å². The van der Waals surface area contributed by atoms with E-state index < -0.39 is 6.04 Å². The quantitative estimate of drug-likeness (QED) is 0.721. The first kappa shape index (κ1) is 15.6. The fraction of sp³-hybridized carbons (Fsp3) is 0.300. The summed E-state index contributed by atoms with van der Waals surface area (Å²) < 4.78 is 0. The van der Waals surface area contributed by atoms with Crippen molar-refractivity contribution in [1.82, 2.24) is 14.8 Å². The van der Waals surface area contributed by atoms with E-state index in [1.54, 1.807) is 23.3 Å². The lowest BCUT2D eigenvalue weighted by Gasteiger charge is -2.45. The Hall–Kier alpha value is -2.60. The van der Waals surface area contributed by atoms with Gasteiger partial charge >= 0.3 is 0 Å². The summed E-state index contributed by atoms with van der Waals surface area (Å²) in [5.74, 6) is 0.0382. The Bertz CT molecular complexity index is 1050. The molecule has 0 bridgehead atoms. The zero-order valence-corrected chi connectivity index (χ0v) is 15.5. The molecule has 5 nitrogen and oxygen atoms in total. The van der Waals surface area contributed by atoms with E-state index in [1.165, 1.54) is 4.88 Å². The number of hydrogen-bond donors (Lipinski definition) is 1. The van der Waals surface area contributed by atoms with E-state index in [0.29, 0.717) is 6.42 Å². The van der Waals surface area contributed by atoms with Crippen molar-refractivity contribution in [3.05, 3.63) is 57.4 Å². The van der Waals surface area contributed by atoms with Crippen molar-refractivity contribution in [2.24, 2.45) is 0 Å². The van der Waals surface area contributed by atoms with Crippen LogP contribution in [0.5, 0.6) is 0 Å². The number of rotatable bonds is 1. The first-order valence-corrected chi connectivity index (χ1v) is 9.58. The standard InChI is InChI=1S/C20H19N3O2S/c1-11-7-8-16(26-11)19-18-13(12-5-3-4-6-14(12)21-18)9-15-20(25)22(2)10-17(24)23(15)19/h3-8,15,19,21H,9-10H2,1-2H3/t15-,19+/m1/s1. The van der Waals surface area contributed by atoms with Gasteiger partial charge in [0.05, 0.1) is 6.54 Å². The number of benzene rings is 1. The maximum Gasteiger partial charge on any atom is 0.245 e. The molecule has 132 valence electrons. The highest BCUT2D eigenvalue weighted by molar-refractivity contribution is 7.12. The first-order valence-electron chi connectivity index (χ1n) is 8.76. The fourth-order valence-corrected chi connectivity index (χ4v) is 5.29. The number of carbonyl (C=O) groups excluding carboxylic acids is 2. The molecule has 1 N–H and O–H groups in total. The summed E-state index contributed by atoms with van der Waals surface area (Å²) in [4.78, 5) is 35.0. The molecular weight excluding hydrogens is 346 g/mol. The van der Waals surface area contributed by atoms with Gasteiger partial charge in [0, 0.05) is 39.8 Å². The summed E-state index contributed by atoms with van der Waals surface area (Å²) >= 11 is 1.69. The highest BCUT2D eigenvalue weighted by Gasteiger charge is 2.47. The number of H-pyrrole nitrogens is 1. The third kappa shape index (κ3) is 2.08. The van der Waals surface area contributed by atoms with Crippen molar-refractivity contribution < 1.29 is 9.59 Å². The highest BCUT2D eigenvalue weighted by atomic mass is 32.1. The molecule has 1 saturated heterocycles. The second kappa shape index (κ2) is 5.45. The number of hydrogen-bond acceptors (Lipinski definition) is 3. The van der Waals surface area contributed by atoms with Crippen LogP contribution in [-0.2, 0) is 16.0 Å². The highest BCUT2D eigenvalue weighted by Crippen LogP contribution is 2.43. The van der Waals surface area contributed by atoms with Crippen LogP contribution in [0, 0.1) is 6.92 Å². The molecule has 6 heteroatoms. The van der Waals surface area contributed by atoms with Gasteiger partial charge in [-0.15, -0.1) is 11.3 Å². The molecule has 3 aromatic rings. The molecule has 1 aromatic carbocycles. The summed E-state index contributed by atoms with van der Waals surface area (Å²) in [6.07, 6.45) is 0.565. The van der Waals surface area contributed by atoms with Gasteiger partial charge < -0.3 is 14.8 Å². The molecule has 0 radical (unpaired) electrons. The van der Waals surface area contributed by atoms with Crippen molar-refractivity contribution in [3.8, 4) is 0 Å². The van der Waals surface area contributed by atoms with Crippen LogP contribution in [0.15, 0.2) is 36.4 Å². The molecule has 0 aliphatic carbocycles. The number of piperazine rings is 1. The number of thiophene rings is 1. The van der Waals surface area contributed by atoms with Crippen molar-refractivity contribution in [1.29, 1.82) is 0 Å². The molecule has 4 heterocycles. The predicted molar refractivity (Wildman–Crippen MR) is 101 cm³/mol. The molecule has 0 unspecified atom stereocenters. The number of aromatic nitrogens is 1. The van der Waals surface area contributed by atoms with E-state index in [9.17, 15) is 9.59 Å². The van der Waals surface area contributed by atoms with E-state index in [4.69, 9.17) is 0 Å². The maximum absolute atomic E-state index is 12.9. The minimum absolute atomic E-state index is 0.0115. The van der Waals surface area contributed by atoms with E-state index in [-0.39, 0.29) is 24.4 Å². The monoisotopic (exact) mass is 365 g/mol. The zero-order valence-electron chi connectivity index (χ0n) is 14.7. The number of aromatic amines is 1. The van der Waals surface area contributed by atoms with Gasteiger partial charge in [0.25, 0.3) is 0 Å². The minimum atomic E-state index is -0.430. The van der Waals surface area contributed by atoms with Crippen LogP contribution >= 0.6 is 11.3 Å². The third-order valence-electron chi connectivity index (χ3n) is 5.48. The molecule has 2 aromatic heterocycles. The zero-order chi connectivity index (χ0) is 18.0. The third-order valence-corrected chi connectivity index (χ3v) is 6.54. The van der Waals surface area contributed by atoms with E-state index in [2.05, 4.69) is 36.2 Å². The number of fused-ring (bicyclic) bond motifs is 4. The second-order valence-corrected chi connectivity index (χ2v) is 8.45. The summed E-state index contributed by atoms with van der Waals surface area (Å²) in [5.41, 5.74) is 3.27.